The predicted octanol–water partition coefficient (Wildman–Crippen LogP) is 2.14. The highest BCUT2D eigenvalue weighted by Gasteiger charge is 2.10. The molecule has 0 radical (unpaired) electrons. The zero-order chi connectivity index (χ0) is 11.3. The molecule has 0 aromatic heterocycles. The maximum Gasteiger partial charge on any atom is 0.277 e. The van der Waals surface area contributed by atoms with E-state index in [9.17, 15) is 9.18 Å². The minimum atomic E-state index is -0.561. The topological polar surface area (TPSA) is 38.3 Å². The maximum absolute atomic E-state index is 13.1. The molecule has 0 bridgehead atoms. The Morgan fingerprint density at radius 2 is 2.13 bits per heavy atom. The first kappa shape index (κ1) is 11.7. The molecule has 0 aliphatic heterocycles. The van der Waals surface area contributed by atoms with E-state index in [1.807, 2.05) is 13.8 Å². The lowest BCUT2D eigenvalue weighted by Gasteiger charge is -2.07. The number of carbonyl (C=O) groups excluding carboxylic acids is 1. The number of hydrogen-bond acceptors (Lipinski definition) is 2. The molecule has 1 amide bonds. The maximum atomic E-state index is 13.1. The normalized spacial score (nSPS) is 10.4. The highest BCUT2D eigenvalue weighted by molar-refractivity contribution is 5.93. The Balaban J connectivity index is 2.51. The van der Waals surface area contributed by atoms with Crippen LogP contribution in [0.5, 0.6) is 0 Å². The van der Waals surface area contributed by atoms with Crippen LogP contribution in [0, 0.1) is 11.7 Å². The summed E-state index contributed by atoms with van der Waals surface area (Å²) in [5, 5.41) is 0. The third-order valence-electron chi connectivity index (χ3n) is 1.70. The Bertz CT molecular complexity index is 339. The van der Waals surface area contributed by atoms with Crippen LogP contribution < -0.4 is 5.48 Å². The van der Waals surface area contributed by atoms with E-state index in [1.54, 1.807) is 6.07 Å². The summed E-state index contributed by atoms with van der Waals surface area (Å²) in [6.45, 7) is 4.31. The number of rotatable bonds is 4. The molecule has 0 saturated heterocycles. The molecule has 4 heteroatoms. The minimum Gasteiger partial charge on any atom is -0.273 e. The van der Waals surface area contributed by atoms with Gasteiger partial charge in [0.2, 0.25) is 0 Å². The van der Waals surface area contributed by atoms with Crippen LogP contribution >= 0.6 is 0 Å². The molecule has 1 aromatic rings. The van der Waals surface area contributed by atoms with Gasteiger partial charge in [0, 0.05) is 0 Å². The van der Waals surface area contributed by atoms with Gasteiger partial charge in [0.15, 0.2) is 0 Å². The van der Waals surface area contributed by atoms with E-state index in [2.05, 4.69) is 5.48 Å². The number of benzene rings is 1. The third kappa shape index (κ3) is 3.67. The summed E-state index contributed by atoms with van der Waals surface area (Å²) in [5.74, 6) is -0.803. The van der Waals surface area contributed by atoms with Gasteiger partial charge in [0.25, 0.3) is 5.91 Å². The molecule has 0 unspecified atom stereocenters. The van der Waals surface area contributed by atoms with Crippen molar-refractivity contribution in [3.05, 3.63) is 35.6 Å². The predicted molar refractivity (Wildman–Crippen MR) is 54.7 cm³/mol. The molecular formula is C11H14FNO2. The van der Waals surface area contributed by atoms with E-state index >= 15 is 0 Å². The van der Waals surface area contributed by atoms with Gasteiger partial charge in [-0.2, -0.15) is 0 Å². The van der Waals surface area contributed by atoms with Crippen molar-refractivity contribution in [2.45, 2.75) is 13.8 Å². The Labute approximate surface area is 88.2 Å². The molecular weight excluding hydrogens is 197 g/mol. The fourth-order valence-corrected chi connectivity index (χ4v) is 0.974. The van der Waals surface area contributed by atoms with Gasteiger partial charge >= 0.3 is 0 Å². The van der Waals surface area contributed by atoms with Gasteiger partial charge in [-0.1, -0.05) is 26.0 Å². The van der Waals surface area contributed by atoms with Gasteiger partial charge in [-0.15, -0.1) is 0 Å². The molecule has 0 spiro atoms. The van der Waals surface area contributed by atoms with Crippen molar-refractivity contribution in [3.63, 3.8) is 0 Å². The van der Waals surface area contributed by atoms with Crippen molar-refractivity contribution in [1.82, 2.24) is 5.48 Å². The van der Waals surface area contributed by atoms with Gasteiger partial charge in [0.1, 0.15) is 5.82 Å². The lowest BCUT2D eigenvalue weighted by Crippen LogP contribution is -2.26. The molecule has 0 aliphatic rings. The smallest absolute Gasteiger partial charge is 0.273 e. The summed E-state index contributed by atoms with van der Waals surface area (Å²) in [5.41, 5.74) is 2.18. The first-order valence-corrected chi connectivity index (χ1v) is 4.78. The molecule has 82 valence electrons. The van der Waals surface area contributed by atoms with Crippen LogP contribution in [0.15, 0.2) is 24.3 Å². The summed E-state index contributed by atoms with van der Waals surface area (Å²) in [6, 6.07) is 5.77. The molecule has 0 heterocycles. The second kappa shape index (κ2) is 5.46. The van der Waals surface area contributed by atoms with Crippen LogP contribution in [-0.2, 0) is 4.84 Å². The second-order valence-corrected chi connectivity index (χ2v) is 3.62. The number of nitrogens with one attached hydrogen (secondary N) is 1. The van der Waals surface area contributed by atoms with Crippen molar-refractivity contribution in [2.75, 3.05) is 6.61 Å². The van der Waals surface area contributed by atoms with Gasteiger partial charge in [0.05, 0.1) is 12.2 Å². The molecule has 0 aliphatic carbocycles. The molecule has 0 fully saturated rings. The minimum absolute atomic E-state index is 0.0127. The van der Waals surface area contributed by atoms with Gasteiger partial charge in [-0.05, 0) is 18.1 Å². The quantitative estimate of drug-likeness (QED) is 0.775. The molecule has 0 saturated carbocycles. The van der Waals surface area contributed by atoms with Crippen LogP contribution in [0.1, 0.15) is 24.2 Å². The Morgan fingerprint density at radius 1 is 1.47 bits per heavy atom. The van der Waals surface area contributed by atoms with E-state index < -0.39 is 11.7 Å². The highest BCUT2D eigenvalue weighted by Crippen LogP contribution is 2.05. The largest absolute Gasteiger partial charge is 0.277 e. The van der Waals surface area contributed by atoms with Crippen LogP contribution in [0.2, 0.25) is 0 Å². The fourth-order valence-electron chi connectivity index (χ4n) is 0.974. The molecule has 1 rings (SSSR count). The average molecular weight is 211 g/mol. The standard InChI is InChI=1S/C11H14FNO2/c1-8(2)7-15-13-11(14)9-5-3-4-6-10(9)12/h3-6,8H,7H2,1-2H3,(H,13,14). The zero-order valence-corrected chi connectivity index (χ0v) is 8.79. The molecule has 3 nitrogen and oxygen atoms in total. The molecule has 15 heavy (non-hydrogen) atoms. The van der Waals surface area contributed by atoms with Crippen LogP contribution in [-0.4, -0.2) is 12.5 Å². The van der Waals surface area contributed by atoms with E-state index in [-0.39, 0.29) is 5.56 Å². The Morgan fingerprint density at radius 3 is 2.73 bits per heavy atom. The lowest BCUT2D eigenvalue weighted by molar-refractivity contribution is 0.0205. The number of carbonyl (C=O) groups is 1. The third-order valence-corrected chi connectivity index (χ3v) is 1.70. The summed E-state index contributed by atoms with van der Waals surface area (Å²) < 4.78 is 13.1. The van der Waals surface area contributed by atoms with E-state index in [4.69, 9.17) is 4.84 Å². The van der Waals surface area contributed by atoms with Crippen LogP contribution in [0.3, 0.4) is 0 Å². The zero-order valence-electron chi connectivity index (χ0n) is 8.79. The monoisotopic (exact) mass is 211 g/mol. The van der Waals surface area contributed by atoms with Gasteiger partial charge in [-0.3, -0.25) is 9.63 Å². The summed E-state index contributed by atoms with van der Waals surface area (Å²) >= 11 is 0. The van der Waals surface area contributed by atoms with Crippen molar-refractivity contribution < 1.29 is 14.0 Å². The molecule has 1 N–H and O–H groups in total. The molecule has 1 aromatic carbocycles. The van der Waals surface area contributed by atoms with Gasteiger partial charge in [-0.25, -0.2) is 9.87 Å². The van der Waals surface area contributed by atoms with Crippen molar-refractivity contribution in [1.29, 1.82) is 0 Å². The second-order valence-electron chi connectivity index (χ2n) is 3.62. The summed E-state index contributed by atoms with van der Waals surface area (Å²) in [4.78, 5) is 16.3. The first-order valence-electron chi connectivity index (χ1n) is 4.78. The van der Waals surface area contributed by atoms with Crippen molar-refractivity contribution >= 4 is 5.91 Å². The average Bonchev–Trinajstić information content (AvgIpc) is 2.17. The summed E-state index contributed by atoms with van der Waals surface area (Å²) in [6.07, 6.45) is 0. The fraction of sp³-hybridized carbons (Fsp3) is 0.364. The first-order chi connectivity index (χ1) is 7.11. The number of amides is 1. The van der Waals surface area contributed by atoms with E-state index in [0.29, 0.717) is 12.5 Å². The summed E-state index contributed by atoms with van der Waals surface area (Å²) in [7, 11) is 0. The number of hydroxylamine groups is 1. The Hall–Kier alpha value is -1.42. The molecule has 0 atom stereocenters. The van der Waals surface area contributed by atoms with Gasteiger partial charge < -0.3 is 0 Å². The van der Waals surface area contributed by atoms with Crippen LogP contribution in [0.25, 0.3) is 0 Å². The van der Waals surface area contributed by atoms with E-state index in [1.165, 1.54) is 18.2 Å². The number of halogens is 1. The Kier molecular flexibility index (Phi) is 4.24. The van der Waals surface area contributed by atoms with Crippen LogP contribution in [0.4, 0.5) is 4.39 Å². The lowest BCUT2D eigenvalue weighted by atomic mass is 10.2. The SMILES string of the molecule is CC(C)CONC(=O)c1ccccc1F. The highest BCUT2D eigenvalue weighted by atomic mass is 19.1. The van der Waals surface area contributed by atoms with E-state index in [0.717, 1.165) is 0 Å². The van der Waals surface area contributed by atoms with Crippen molar-refractivity contribution in [3.8, 4) is 0 Å². The number of hydrogen-bond donors (Lipinski definition) is 1. The van der Waals surface area contributed by atoms with Crippen molar-refractivity contribution in [2.24, 2.45) is 5.92 Å².